The fourth-order valence-corrected chi connectivity index (χ4v) is 2.73. The lowest BCUT2D eigenvalue weighted by Crippen LogP contribution is -2.40. The van der Waals surface area contributed by atoms with Gasteiger partial charge in [0.15, 0.2) is 0 Å². The van der Waals surface area contributed by atoms with Gasteiger partial charge >= 0.3 is 0 Å². The summed E-state index contributed by atoms with van der Waals surface area (Å²) >= 11 is 0. The van der Waals surface area contributed by atoms with Crippen LogP contribution >= 0.6 is 0 Å². The number of carbonyl (C=O) groups excluding carboxylic acids is 1. The normalized spacial score (nSPS) is 19.8. The van der Waals surface area contributed by atoms with E-state index in [9.17, 15) is 4.79 Å². The van der Waals surface area contributed by atoms with Crippen LogP contribution in [-0.2, 0) is 4.79 Å². The number of anilines is 2. The van der Waals surface area contributed by atoms with Crippen LogP contribution in [0.5, 0.6) is 0 Å². The first-order chi connectivity index (χ1) is 9.67. The Morgan fingerprint density at radius 3 is 3.10 bits per heavy atom. The molecule has 0 aliphatic carbocycles. The molecule has 1 aromatic carbocycles. The summed E-state index contributed by atoms with van der Waals surface area (Å²) in [6.07, 6.45) is 3.07. The van der Waals surface area contributed by atoms with Gasteiger partial charge in [-0.1, -0.05) is 6.07 Å². The van der Waals surface area contributed by atoms with Crippen LogP contribution in [-0.4, -0.2) is 42.2 Å². The standard InChI is InChI=1S/C15H23N3O2/c16-13-4-1-5-14(9-13)17-15(20)11-18-7-2-3-12(10-18)6-8-19/h1,4-5,9,12,19H,2-3,6-8,10-11,16H2,(H,17,20). The van der Waals surface area contributed by atoms with E-state index >= 15 is 0 Å². The van der Waals surface area contributed by atoms with Gasteiger partial charge in [0.25, 0.3) is 0 Å². The molecular formula is C15H23N3O2. The third kappa shape index (κ3) is 4.51. The predicted molar refractivity (Wildman–Crippen MR) is 80.4 cm³/mol. The Hall–Kier alpha value is -1.59. The van der Waals surface area contributed by atoms with Crippen LogP contribution in [0.1, 0.15) is 19.3 Å². The van der Waals surface area contributed by atoms with E-state index < -0.39 is 0 Å². The van der Waals surface area contributed by atoms with Gasteiger partial charge in [0, 0.05) is 24.5 Å². The molecule has 1 amide bonds. The highest BCUT2D eigenvalue weighted by molar-refractivity contribution is 5.92. The van der Waals surface area contributed by atoms with Gasteiger partial charge in [-0.05, 0) is 49.9 Å². The lowest BCUT2D eigenvalue weighted by Gasteiger charge is -2.31. The molecule has 1 atom stereocenters. The fourth-order valence-electron chi connectivity index (χ4n) is 2.73. The number of nitrogens with two attached hydrogens (primary N) is 1. The number of nitrogen functional groups attached to an aromatic ring is 1. The van der Waals surface area contributed by atoms with Crippen LogP contribution in [0.2, 0.25) is 0 Å². The highest BCUT2D eigenvalue weighted by atomic mass is 16.3. The lowest BCUT2D eigenvalue weighted by molar-refractivity contribution is -0.117. The summed E-state index contributed by atoms with van der Waals surface area (Å²) in [7, 11) is 0. The molecule has 2 rings (SSSR count). The van der Waals surface area contributed by atoms with E-state index in [0.717, 1.165) is 38.0 Å². The third-order valence-corrected chi connectivity index (χ3v) is 3.68. The van der Waals surface area contributed by atoms with Crippen molar-refractivity contribution in [2.45, 2.75) is 19.3 Å². The minimum Gasteiger partial charge on any atom is -0.399 e. The van der Waals surface area contributed by atoms with Crippen LogP contribution in [0.4, 0.5) is 11.4 Å². The molecule has 0 aromatic heterocycles. The molecule has 110 valence electrons. The van der Waals surface area contributed by atoms with Gasteiger partial charge in [0.05, 0.1) is 6.54 Å². The minimum atomic E-state index is -0.0137. The first kappa shape index (κ1) is 14.8. The van der Waals surface area contributed by atoms with Crippen molar-refractivity contribution in [2.75, 3.05) is 37.3 Å². The Morgan fingerprint density at radius 2 is 2.35 bits per heavy atom. The van der Waals surface area contributed by atoms with Crippen LogP contribution < -0.4 is 11.1 Å². The maximum Gasteiger partial charge on any atom is 0.238 e. The summed E-state index contributed by atoms with van der Waals surface area (Å²) < 4.78 is 0. The van der Waals surface area contributed by atoms with Gasteiger partial charge in [-0.15, -0.1) is 0 Å². The van der Waals surface area contributed by atoms with Gasteiger partial charge in [0.1, 0.15) is 0 Å². The van der Waals surface area contributed by atoms with Gasteiger partial charge < -0.3 is 16.2 Å². The van der Waals surface area contributed by atoms with Gasteiger partial charge in [-0.3, -0.25) is 9.69 Å². The average Bonchev–Trinajstić information content (AvgIpc) is 2.39. The second-order valence-electron chi connectivity index (χ2n) is 5.43. The van der Waals surface area contributed by atoms with E-state index in [-0.39, 0.29) is 12.5 Å². The smallest absolute Gasteiger partial charge is 0.238 e. The number of carbonyl (C=O) groups is 1. The topological polar surface area (TPSA) is 78.6 Å². The number of benzene rings is 1. The number of nitrogens with zero attached hydrogens (tertiary/aromatic N) is 1. The Labute approximate surface area is 119 Å². The van der Waals surface area contributed by atoms with Crippen LogP contribution in [0.25, 0.3) is 0 Å². The number of likely N-dealkylation sites (tertiary alicyclic amines) is 1. The average molecular weight is 277 g/mol. The molecule has 1 saturated heterocycles. The van der Waals surface area contributed by atoms with E-state index in [2.05, 4.69) is 10.2 Å². The molecular weight excluding hydrogens is 254 g/mol. The molecule has 1 heterocycles. The zero-order chi connectivity index (χ0) is 14.4. The highest BCUT2D eigenvalue weighted by Crippen LogP contribution is 2.19. The van der Waals surface area contributed by atoms with Gasteiger partial charge in [-0.25, -0.2) is 0 Å². The molecule has 5 nitrogen and oxygen atoms in total. The Balaban J connectivity index is 1.82. The maximum atomic E-state index is 12.0. The summed E-state index contributed by atoms with van der Waals surface area (Å²) in [4.78, 5) is 14.2. The molecule has 4 N–H and O–H groups in total. The number of piperidine rings is 1. The molecule has 0 bridgehead atoms. The Kier molecular flexibility index (Phi) is 5.38. The Bertz CT molecular complexity index is 448. The van der Waals surface area contributed by atoms with Gasteiger partial charge in [-0.2, -0.15) is 0 Å². The largest absolute Gasteiger partial charge is 0.399 e. The van der Waals surface area contributed by atoms with Crippen molar-refractivity contribution in [3.05, 3.63) is 24.3 Å². The van der Waals surface area contributed by atoms with Crippen molar-refractivity contribution in [2.24, 2.45) is 5.92 Å². The first-order valence-electron chi connectivity index (χ1n) is 7.16. The Morgan fingerprint density at radius 1 is 1.50 bits per heavy atom. The number of hydrogen-bond acceptors (Lipinski definition) is 4. The molecule has 1 unspecified atom stereocenters. The number of amides is 1. The van der Waals surface area contributed by atoms with E-state index in [0.29, 0.717) is 18.2 Å². The molecule has 5 heteroatoms. The van der Waals surface area contributed by atoms with Crippen molar-refractivity contribution in [1.29, 1.82) is 0 Å². The van der Waals surface area contributed by atoms with Gasteiger partial charge in [0.2, 0.25) is 5.91 Å². The number of aliphatic hydroxyl groups is 1. The summed E-state index contributed by atoms with van der Waals surface area (Å²) in [5.74, 6) is 0.495. The number of hydrogen-bond donors (Lipinski definition) is 3. The minimum absolute atomic E-state index is 0.0137. The molecule has 0 radical (unpaired) electrons. The van der Waals surface area contributed by atoms with Crippen molar-refractivity contribution in [3.8, 4) is 0 Å². The molecule has 20 heavy (non-hydrogen) atoms. The summed E-state index contributed by atoms with van der Waals surface area (Å²) in [5, 5.41) is 11.9. The molecule has 1 fully saturated rings. The SMILES string of the molecule is Nc1cccc(NC(=O)CN2CCCC(CCO)C2)c1. The number of rotatable bonds is 5. The van der Waals surface area contributed by atoms with E-state index in [4.69, 9.17) is 10.8 Å². The molecule has 0 spiro atoms. The van der Waals surface area contributed by atoms with Crippen molar-refractivity contribution in [1.82, 2.24) is 4.90 Å². The highest BCUT2D eigenvalue weighted by Gasteiger charge is 2.21. The first-order valence-corrected chi connectivity index (χ1v) is 7.16. The second kappa shape index (κ2) is 7.26. The monoisotopic (exact) mass is 277 g/mol. The molecule has 1 aliphatic heterocycles. The summed E-state index contributed by atoms with van der Waals surface area (Å²) in [6, 6.07) is 7.20. The molecule has 0 saturated carbocycles. The van der Waals surface area contributed by atoms with E-state index in [1.165, 1.54) is 0 Å². The zero-order valence-electron chi connectivity index (χ0n) is 11.7. The summed E-state index contributed by atoms with van der Waals surface area (Å²) in [6.45, 7) is 2.47. The summed E-state index contributed by atoms with van der Waals surface area (Å²) in [5.41, 5.74) is 7.06. The van der Waals surface area contributed by atoms with Crippen LogP contribution in [0, 0.1) is 5.92 Å². The zero-order valence-corrected chi connectivity index (χ0v) is 11.7. The van der Waals surface area contributed by atoms with E-state index in [1.54, 1.807) is 12.1 Å². The van der Waals surface area contributed by atoms with Crippen LogP contribution in [0.3, 0.4) is 0 Å². The van der Waals surface area contributed by atoms with Crippen molar-refractivity contribution >= 4 is 17.3 Å². The van der Waals surface area contributed by atoms with Crippen molar-refractivity contribution in [3.63, 3.8) is 0 Å². The van der Waals surface area contributed by atoms with E-state index in [1.807, 2.05) is 12.1 Å². The number of nitrogens with one attached hydrogen (secondary N) is 1. The fraction of sp³-hybridized carbons (Fsp3) is 0.533. The van der Waals surface area contributed by atoms with Crippen molar-refractivity contribution < 1.29 is 9.90 Å². The molecule has 1 aromatic rings. The molecule has 1 aliphatic rings. The quantitative estimate of drug-likeness (QED) is 0.709. The lowest BCUT2D eigenvalue weighted by atomic mass is 9.95. The predicted octanol–water partition coefficient (Wildman–Crippen LogP) is 1.30. The van der Waals surface area contributed by atoms with Crippen LogP contribution in [0.15, 0.2) is 24.3 Å². The maximum absolute atomic E-state index is 12.0. The third-order valence-electron chi connectivity index (χ3n) is 3.68. The number of aliphatic hydroxyl groups excluding tert-OH is 1. The second-order valence-corrected chi connectivity index (χ2v) is 5.43.